The summed E-state index contributed by atoms with van der Waals surface area (Å²) in [5.41, 5.74) is 3.99. The van der Waals surface area contributed by atoms with Crippen molar-refractivity contribution in [3.8, 4) is 0 Å². The Morgan fingerprint density at radius 1 is 1.22 bits per heavy atom. The second-order valence-corrected chi connectivity index (χ2v) is 7.52. The van der Waals surface area contributed by atoms with Gasteiger partial charge in [0.25, 0.3) is 5.91 Å². The smallest absolute Gasteiger partial charge is 0.251 e. The van der Waals surface area contributed by atoms with Gasteiger partial charge in [0.05, 0.1) is 0 Å². The molecule has 0 unspecified atom stereocenters. The van der Waals surface area contributed by atoms with Gasteiger partial charge in [-0.3, -0.25) is 14.8 Å². The second-order valence-electron chi connectivity index (χ2n) is 6.17. The molecule has 0 spiro atoms. The van der Waals surface area contributed by atoms with E-state index in [1.54, 1.807) is 22.9 Å². The molecule has 3 N–H and O–H groups in total. The first-order valence-corrected chi connectivity index (χ1v) is 10.00. The molecule has 1 heterocycles. The molecular formula is C20H23ClN2O3S. The van der Waals surface area contributed by atoms with E-state index in [0.717, 1.165) is 23.3 Å². The zero-order chi connectivity index (χ0) is 19.6. The van der Waals surface area contributed by atoms with E-state index in [1.165, 1.54) is 0 Å². The van der Waals surface area contributed by atoms with Crippen LogP contribution in [0.3, 0.4) is 0 Å². The van der Waals surface area contributed by atoms with Gasteiger partial charge in [-0.15, -0.1) is 11.3 Å². The maximum atomic E-state index is 12.8. The van der Waals surface area contributed by atoms with Gasteiger partial charge in [-0.25, -0.2) is 5.48 Å². The Morgan fingerprint density at radius 2 is 2.00 bits per heavy atom. The predicted molar refractivity (Wildman–Crippen MR) is 110 cm³/mol. The van der Waals surface area contributed by atoms with E-state index in [2.05, 4.69) is 5.32 Å². The summed E-state index contributed by atoms with van der Waals surface area (Å²) in [6.07, 6.45) is 4.32. The monoisotopic (exact) mass is 406 g/mol. The summed E-state index contributed by atoms with van der Waals surface area (Å²) >= 11 is 7.88. The van der Waals surface area contributed by atoms with Crippen LogP contribution in [-0.2, 0) is 9.59 Å². The second kappa shape index (κ2) is 10.9. The van der Waals surface area contributed by atoms with E-state index in [9.17, 15) is 9.59 Å². The van der Waals surface area contributed by atoms with Gasteiger partial charge < -0.3 is 5.32 Å². The van der Waals surface area contributed by atoms with Crippen molar-refractivity contribution in [2.45, 2.75) is 32.6 Å². The molecule has 0 aliphatic rings. The van der Waals surface area contributed by atoms with Gasteiger partial charge in [0, 0.05) is 34.0 Å². The molecule has 2 aromatic rings. The number of hydrogen-bond donors (Lipinski definition) is 3. The number of nitrogens with one attached hydrogen (secondary N) is 2. The zero-order valence-electron chi connectivity index (χ0n) is 15.1. The molecule has 1 aromatic heterocycles. The number of thiophene rings is 1. The van der Waals surface area contributed by atoms with E-state index in [4.69, 9.17) is 16.8 Å². The van der Waals surface area contributed by atoms with Gasteiger partial charge in [-0.05, 0) is 48.9 Å². The lowest BCUT2D eigenvalue weighted by molar-refractivity contribution is -0.129. The Balaban J connectivity index is 2.01. The third kappa shape index (κ3) is 6.82. The summed E-state index contributed by atoms with van der Waals surface area (Å²) in [6, 6.07) is 9.32. The lowest BCUT2D eigenvalue weighted by Gasteiger charge is -2.11. The van der Waals surface area contributed by atoms with Crippen LogP contribution in [0, 0.1) is 6.92 Å². The number of carbonyl (C=O) groups excluding carboxylic acids is 2. The molecule has 0 bridgehead atoms. The molecule has 0 atom stereocenters. The third-order valence-corrected chi connectivity index (χ3v) is 5.26. The molecule has 0 saturated heterocycles. The van der Waals surface area contributed by atoms with Crippen LogP contribution in [0.25, 0.3) is 11.6 Å². The Kier molecular flexibility index (Phi) is 8.51. The van der Waals surface area contributed by atoms with Crippen molar-refractivity contribution in [2.75, 3.05) is 6.54 Å². The topological polar surface area (TPSA) is 78.4 Å². The maximum Gasteiger partial charge on any atom is 0.251 e. The normalized spacial score (nSPS) is 11.3. The molecule has 0 radical (unpaired) electrons. The minimum atomic E-state index is -0.394. The number of halogens is 1. The largest absolute Gasteiger partial charge is 0.352 e. The fourth-order valence-electron chi connectivity index (χ4n) is 2.56. The van der Waals surface area contributed by atoms with Crippen molar-refractivity contribution in [3.05, 3.63) is 56.7 Å². The van der Waals surface area contributed by atoms with Crippen LogP contribution in [0.4, 0.5) is 0 Å². The Hall–Kier alpha value is -2.15. The number of benzene rings is 1. The Morgan fingerprint density at radius 3 is 2.67 bits per heavy atom. The van der Waals surface area contributed by atoms with E-state index in [1.807, 2.05) is 42.6 Å². The van der Waals surface area contributed by atoms with Crippen molar-refractivity contribution in [1.29, 1.82) is 0 Å². The number of amides is 2. The number of hydroxylamine groups is 1. The molecule has 27 heavy (non-hydrogen) atoms. The van der Waals surface area contributed by atoms with Crippen LogP contribution in [0.1, 0.15) is 41.7 Å². The first kappa shape index (κ1) is 21.2. The van der Waals surface area contributed by atoms with Crippen LogP contribution in [0.2, 0.25) is 5.02 Å². The van der Waals surface area contributed by atoms with E-state index in [0.29, 0.717) is 29.1 Å². The van der Waals surface area contributed by atoms with Crippen LogP contribution in [0.5, 0.6) is 0 Å². The summed E-state index contributed by atoms with van der Waals surface area (Å²) in [7, 11) is 0. The molecule has 0 saturated carbocycles. The molecule has 144 valence electrons. The molecule has 0 aliphatic heterocycles. The highest BCUT2D eigenvalue weighted by Gasteiger charge is 2.15. The average molecular weight is 407 g/mol. The standard InChI is InChI=1S/C20H23ClN2O3S/c1-14-11-15(27-13-14)12-17(16-7-4-5-8-18(16)21)20(25)22-10-6-2-3-9-19(24)23-26/h4-5,7-8,11-13,26H,2-3,6,9-10H2,1H3,(H,22,25)(H,23,24). The van der Waals surface area contributed by atoms with Crippen LogP contribution < -0.4 is 10.8 Å². The molecular weight excluding hydrogens is 384 g/mol. The fourth-order valence-corrected chi connectivity index (χ4v) is 3.62. The molecule has 0 fully saturated rings. The summed E-state index contributed by atoms with van der Waals surface area (Å²) in [6.45, 7) is 2.52. The minimum Gasteiger partial charge on any atom is -0.352 e. The van der Waals surface area contributed by atoms with Crippen LogP contribution in [-0.4, -0.2) is 23.6 Å². The molecule has 5 nitrogen and oxygen atoms in total. The molecule has 1 aromatic carbocycles. The van der Waals surface area contributed by atoms with Crippen molar-refractivity contribution < 1.29 is 14.8 Å². The van der Waals surface area contributed by atoms with Crippen molar-refractivity contribution in [1.82, 2.24) is 10.8 Å². The highest BCUT2D eigenvalue weighted by atomic mass is 35.5. The first-order chi connectivity index (χ1) is 13.0. The zero-order valence-corrected chi connectivity index (χ0v) is 16.7. The van der Waals surface area contributed by atoms with Crippen LogP contribution >= 0.6 is 22.9 Å². The van der Waals surface area contributed by atoms with Crippen molar-refractivity contribution >= 4 is 46.4 Å². The quantitative estimate of drug-likeness (QED) is 0.249. The SMILES string of the molecule is Cc1csc(C=C(C(=O)NCCCCCC(=O)NO)c2ccccc2Cl)c1. The van der Waals surface area contributed by atoms with Crippen LogP contribution in [0.15, 0.2) is 35.7 Å². The van der Waals surface area contributed by atoms with Gasteiger partial charge in [0.1, 0.15) is 0 Å². The number of unbranched alkanes of at least 4 members (excludes halogenated alkanes) is 2. The van der Waals surface area contributed by atoms with Crippen molar-refractivity contribution in [3.63, 3.8) is 0 Å². The summed E-state index contributed by atoms with van der Waals surface area (Å²) in [5, 5.41) is 13.9. The number of hydrogen-bond acceptors (Lipinski definition) is 4. The predicted octanol–water partition coefficient (Wildman–Crippen LogP) is 4.43. The summed E-state index contributed by atoms with van der Waals surface area (Å²) in [5.74, 6) is -0.573. The van der Waals surface area contributed by atoms with E-state index >= 15 is 0 Å². The van der Waals surface area contributed by atoms with Gasteiger partial charge in [0.15, 0.2) is 0 Å². The molecule has 7 heteroatoms. The third-order valence-electron chi connectivity index (χ3n) is 3.94. The minimum absolute atomic E-state index is 0.178. The lowest BCUT2D eigenvalue weighted by Crippen LogP contribution is -2.25. The Labute approximate surface area is 168 Å². The highest BCUT2D eigenvalue weighted by molar-refractivity contribution is 7.11. The van der Waals surface area contributed by atoms with E-state index in [-0.39, 0.29) is 12.3 Å². The maximum absolute atomic E-state index is 12.8. The summed E-state index contributed by atoms with van der Waals surface area (Å²) < 4.78 is 0. The highest BCUT2D eigenvalue weighted by Crippen LogP contribution is 2.27. The van der Waals surface area contributed by atoms with Gasteiger partial charge in [0.2, 0.25) is 5.91 Å². The van der Waals surface area contributed by atoms with Crippen molar-refractivity contribution in [2.24, 2.45) is 0 Å². The summed E-state index contributed by atoms with van der Waals surface area (Å²) in [4.78, 5) is 24.7. The number of rotatable bonds is 9. The number of aryl methyl sites for hydroxylation is 1. The Bertz CT molecular complexity index is 817. The molecule has 0 aliphatic carbocycles. The van der Waals surface area contributed by atoms with E-state index < -0.39 is 5.91 Å². The van der Waals surface area contributed by atoms with Gasteiger partial charge in [-0.1, -0.05) is 36.2 Å². The number of carbonyl (C=O) groups is 2. The van der Waals surface area contributed by atoms with Gasteiger partial charge >= 0.3 is 0 Å². The fraction of sp³-hybridized carbons (Fsp3) is 0.300. The molecule has 2 rings (SSSR count). The van der Waals surface area contributed by atoms with Gasteiger partial charge in [-0.2, -0.15) is 0 Å². The molecule has 2 amide bonds. The lowest BCUT2D eigenvalue weighted by atomic mass is 10.0. The first-order valence-electron chi connectivity index (χ1n) is 8.74. The average Bonchev–Trinajstić information content (AvgIpc) is 3.07.